The van der Waals surface area contributed by atoms with Gasteiger partial charge in [-0.3, -0.25) is 9.78 Å². The van der Waals surface area contributed by atoms with Gasteiger partial charge in [-0.2, -0.15) is 0 Å². The lowest BCUT2D eigenvalue weighted by Gasteiger charge is -2.04. The maximum absolute atomic E-state index is 12.8. The molecule has 2 aromatic rings. The molecule has 0 aliphatic rings. The van der Waals surface area contributed by atoms with Gasteiger partial charge in [-0.05, 0) is 12.1 Å². The van der Waals surface area contributed by atoms with E-state index in [1.807, 2.05) is 0 Å². The van der Waals surface area contributed by atoms with Crippen molar-refractivity contribution in [3.8, 4) is 11.6 Å². The quantitative estimate of drug-likeness (QED) is 0.877. The zero-order valence-corrected chi connectivity index (χ0v) is 9.59. The average Bonchev–Trinajstić information content (AvgIpc) is 2.58. The summed E-state index contributed by atoms with van der Waals surface area (Å²) in [5, 5.41) is 9.31. The molecule has 1 aromatic carbocycles. The fraction of sp³-hybridized carbons (Fsp3) is 0.182. The number of aromatic nitrogens is 1. The average molecular weight is 255 g/mol. The summed E-state index contributed by atoms with van der Waals surface area (Å²) in [6, 6.07) is 5.80. The van der Waals surface area contributed by atoms with Gasteiger partial charge in [0, 0.05) is 12.5 Å². The van der Waals surface area contributed by atoms with Gasteiger partial charge in [-0.15, -0.1) is 0 Å². The minimum Gasteiger partial charge on any atom is -0.494 e. The number of thiazole rings is 1. The maximum Gasteiger partial charge on any atom is 0.307 e. The Morgan fingerprint density at radius 1 is 1.47 bits per heavy atom. The van der Waals surface area contributed by atoms with Crippen molar-refractivity contribution in [3.63, 3.8) is 0 Å². The number of aromatic amines is 1. The molecule has 0 unspecified atom stereocenters. The lowest BCUT2D eigenvalue weighted by atomic mass is 10.3. The number of hydrogen-bond donors (Lipinski definition) is 2. The number of halogens is 1. The largest absolute Gasteiger partial charge is 0.494 e. The van der Waals surface area contributed by atoms with Gasteiger partial charge in [0.2, 0.25) is 5.88 Å². The molecule has 4 nitrogen and oxygen atoms in total. The van der Waals surface area contributed by atoms with Crippen LogP contribution in [0.5, 0.6) is 11.6 Å². The highest BCUT2D eigenvalue weighted by atomic mass is 32.1. The van der Waals surface area contributed by atoms with Crippen molar-refractivity contribution < 1.29 is 14.2 Å². The summed E-state index contributed by atoms with van der Waals surface area (Å²) in [6.07, 6.45) is 0.395. The van der Waals surface area contributed by atoms with Gasteiger partial charge < -0.3 is 9.84 Å². The number of rotatable bonds is 4. The Kier molecular flexibility index (Phi) is 3.43. The Bertz CT molecular complexity index is 564. The van der Waals surface area contributed by atoms with Crippen LogP contribution in [0.1, 0.15) is 4.88 Å². The second-order valence-electron chi connectivity index (χ2n) is 3.34. The lowest BCUT2D eigenvalue weighted by Crippen LogP contribution is -2.00. The third-order valence-electron chi connectivity index (χ3n) is 2.09. The molecule has 0 spiro atoms. The van der Waals surface area contributed by atoms with Gasteiger partial charge in [0.25, 0.3) is 0 Å². The number of hydrogen-bond acceptors (Lipinski definition) is 4. The van der Waals surface area contributed by atoms with Gasteiger partial charge >= 0.3 is 4.87 Å². The molecule has 0 amide bonds. The minimum absolute atomic E-state index is 0.122. The second kappa shape index (κ2) is 5.01. The number of ether oxygens (including phenoxy) is 1. The third kappa shape index (κ3) is 3.07. The zero-order valence-electron chi connectivity index (χ0n) is 8.77. The van der Waals surface area contributed by atoms with Crippen molar-refractivity contribution >= 4 is 11.3 Å². The van der Waals surface area contributed by atoms with Crippen molar-refractivity contribution in [3.05, 3.63) is 44.6 Å². The van der Waals surface area contributed by atoms with Crippen LogP contribution in [-0.4, -0.2) is 16.7 Å². The van der Waals surface area contributed by atoms with E-state index < -0.39 is 0 Å². The lowest BCUT2D eigenvalue weighted by molar-refractivity contribution is 0.318. The first-order chi connectivity index (χ1) is 8.15. The number of nitrogens with one attached hydrogen (secondary N) is 1. The van der Waals surface area contributed by atoms with Gasteiger partial charge in [0.15, 0.2) is 0 Å². The predicted molar refractivity (Wildman–Crippen MR) is 62.2 cm³/mol. The van der Waals surface area contributed by atoms with Crippen molar-refractivity contribution in [2.75, 3.05) is 6.61 Å². The summed E-state index contributed by atoms with van der Waals surface area (Å²) < 4.78 is 18.1. The van der Waals surface area contributed by atoms with Crippen LogP contribution < -0.4 is 9.61 Å². The topological polar surface area (TPSA) is 62.3 Å². The standard InChI is InChI=1S/C11H10FNO3S/c12-7-2-1-3-8(6-7)16-5-4-9-10(14)13-11(15)17-9/h1-3,6,14H,4-5H2,(H,13,15). The van der Waals surface area contributed by atoms with Crippen molar-refractivity contribution in [1.82, 2.24) is 4.98 Å². The molecule has 2 N–H and O–H groups in total. The zero-order chi connectivity index (χ0) is 12.3. The van der Waals surface area contributed by atoms with Crippen LogP contribution in [0, 0.1) is 5.82 Å². The van der Waals surface area contributed by atoms with Crippen LogP contribution in [0.15, 0.2) is 29.1 Å². The number of H-pyrrole nitrogens is 1. The normalized spacial score (nSPS) is 10.4. The highest BCUT2D eigenvalue weighted by Crippen LogP contribution is 2.17. The van der Waals surface area contributed by atoms with E-state index in [2.05, 4.69) is 4.98 Å². The van der Waals surface area contributed by atoms with Gasteiger partial charge in [-0.25, -0.2) is 4.39 Å². The Morgan fingerprint density at radius 3 is 2.94 bits per heavy atom. The molecule has 1 heterocycles. The van der Waals surface area contributed by atoms with Crippen molar-refractivity contribution in [2.24, 2.45) is 0 Å². The highest BCUT2D eigenvalue weighted by Gasteiger charge is 2.06. The monoisotopic (exact) mass is 255 g/mol. The van der Waals surface area contributed by atoms with E-state index in [0.29, 0.717) is 17.0 Å². The summed E-state index contributed by atoms with van der Waals surface area (Å²) in [6.45, 7) is 0.269. The molecule has 0 radical (unpaired) electrons. The highest BCUT2D eigenvalue weighted by molar-refractivity contribution is 7.09. The van der Waals surface area contributed by atoms with Gasteiger partial charge in [0.05, 0.1) is 11.5 Å². The van der Waals surface area contributed by atoms with E-state index in [0.717, 1.165) is 11.3 Å². The van der Waals surface area contributed by atoms with E-state index in [-0.39, 0.29) is 23.2 Å². The molecule has 6 heteroatoms. The molecule has 0 saturated heterocycles. The molecule has 0 bridgehead atoms. The van der Waals surface area contributed by atoms with Crippen molar-refractivity contribution in [1.29, 1.82) is 0 Å². The van der Waals surface area contributed by atoms with E-state index in [9.17, 15) is 14.3 Å². The Labute approximate surface area is 100 Å². The molecule has 0 atom stereocenters. The molecule has 90 valence electrons. The van der Waals surface area contributed by atoms with Crippen LogP contribution >= 0.6 is 11.3 Å². The number of benzene rings is 1. The molecule has 0 aliphatic heterocycles. The van der Waals surface area contributed by atoms with Crippen LogP contribution in [0.4, 0.5) is 4.39 Å². The van der Waals surface area contributed by atoms with E-state index in [1.165, 1.54) is 12.1 Å². The smallest absolute Gasteiger partial charge is 0.307 e. The molecular formula is C11H10FNO3S. The summed E-state index contributed by atoms with van der Waals surface area (Å²) in [7, 11) is 0. The minimum atomic E-state index is -0.364. The fourth-order valence-corrected chi connectivity index (χ4v) is 2.04. The van der Waals surface area contributed by atoms with Gasteiger partial charge in [0.1, 0.15) is 11.6 Å². The third-order valence-corrected chi connectivity index (χ3v) is 3.03. The second-order valence-corrected chi connectivity index (χ2v) is 4.41. The SMILES string of the molecule is O=c1[nH]c(O)c(CCOc2cccc(F)c2)s1. The molecule has 0 aliphatic carbocycles. The molecular weight excluding hydrogens is 245 g/mol. The molecule has 0 fully saturated rings. The Balaban J connectivity index is 1.92. The summed E-state index contributed by atoms with van der Waals surface area (Å²) in [5.41, 5.74) is 0. The van der Waals surface area contributed by atoms with Crippen molar-refractivity contribution in [2.45, 2.75) is 6.42 Å². The van der Waals surface area contributed by atoms with Crippen LogP contribution in [-0.2, 0) is 6.42 Å². The summed E-state index contributed by atoms with van der Waals surface area (Å²) >= 11 is 0.937. The first-order valence-corrected chi connectivity index (χ1v) is 5.76. The summed E-state index contributed by atoms with van der Waals surface area (Å²) in [5.74, 6) is -0.0631. The number of aromatic hydroxyl groups is 1. The first-order valence-electron chi connectivity index (χ1n) is 4.94. The Hall–Kier alpha value is -1.82. The van der Waals surface area contributed by atoms with Crippen LogP contribution in [0.2, 0.25) is 0 Å². The van der Waals surface area contributed by atoms with Crippen LogP contribution in [0.25, 0.3) is 0 Å². The summed E-state index contributed by atoms with van der Waals surface area (Å²) in [4.78, 5) is 13.4. The van der Waals surface area contributed by atoms with E-state index >= 15 is 0 Å². The first kappa shape index (κ1) is 11.7. The molecule has 0 saturated carbocycles. The molecule has 17 heavy (non-hydrogen) atoms. The van der Waals surface area contributed by atoms with Gasteiger partial charge in [-0.1, -0.05) is 17.4 Å². The Morgan fingerprint density at radius 2 is 2.29 bits per heavy atom. The van der Waals surface area contributed by atoms with E-state index in [4.69, 9.17) is 4.74 Å². The fourth-order valence-electron chi connectivity index (χ4n) is 1.34. The predicted octanol–water partition coefficient (Wildman–Crippen LogP) is 1.90. The molecule has 2 rings (SSSR count). The van der Waals surface area contributed by atoms with Crippen LogP contribution in [0.3, 0.4) is 0 Å². The molecule has 1 aromatic heterocycles. The van der Waals surface area contributed by atoms with E-state index in [1.54, 1.807) is 12.1 Å². The maximum atomic E-state index is 12.8.